The second-order valence-corrected chi connectivity index (χ2v) is 12.4. The van der Waals surface area contributed by atoms with Crippen LogP contribution in [0.1, 0.15) is 111 Å². The maximum absolute atomic E-state index is 12.4. The van der Waals surface area contributed by atoms with Crippen LogP contribution >= 0.6 is 0 Å². The van der Waals surface area contributed by atoms with Gasteiger partial charge in [0.1, 0.15) is 0 Å². The van der Waals surface area contributed by atoms with E-state index in [2.05, 4.69) is 20.1 Å². The molecule has 6 heteroatoms. The molecule has 0 spiro atoms. The summed E-state index contributed by atoms with van der Waals surface area (Å²) in [5.41, 5.74) is 0.573. The largest absolute Gasteiger partial charge is 0.462 e. The van der Waals surface area contributed by atoms with E-state index in [4.69, 9.17) is 14.2 Å². The molecule has 2 fully saturated rings. The lowest BCUT2D eigenvalue weighted by molar-refractivity contribution is -0.144. The van der Waals surface area contributed by atoms with Gasteiger partial charge in [-0.1, -0.05) is 71.4 Å². The van der Waals surface area contributed by atoms with Crippen molar-refractivity contribution in [3.8, 4) is 0 Å². The number of aliphatic hydroxyl groups excluding tert-OH is 1. The first-order chi connectivity index (χ1) is 18.7. The molecule has 0 radical (unpaired) electrons. The van der Waals surface area contributed by atoms with Crippen LogP contribution in [0.25, 0.3) is 0 Å². The first-order valence-electron chi connectivity index (χ1n) is 15.6. The molecule has 2 rings (SSSR count). The number of hydrogen-bond donors (Lipinski definition) is 1. The maximum atomic E-state index is 12.4. The van der Waals surface area contributed by atoms with Gasteiger partial charge in [0.25, 0.3) is 0 Å². The van der Waals surface area contributed by atoms with Crippen LogP contribution in [0.5, 0.6) is 0 Å². The van der Waals surface area contributed by atoms with E-state index in [0.29, 0.717) is 11.5 Å². The van der Waals surface area contributed by atoms with Crippen molar-refractivity contribution in [2.45, 2.75) is 117 Å². The van der Waals surface area contributed by atoms with Gasteiger partial charge in [-0.2, -0.15) is 0 Å². The highest BCUT2D eigenvalue weighted by atomic mass is 16.5. The number of carbonyl (C=O) groups excluding carboxylic acids is 2. The zero-order chi connectivity index (χ0) is 28.6. The quantitative estimate of drug-likeness (QED) is 0.111. The minimum absolute atomic E-state index is 0.0167. The Bertz CT molecular complexity index is 743. The van der Waals surface area contributed by atoms with Crippen LogP contribution in [0.3, 0.4) is 0 Å². The third-order valence-corrected chi connectivity index (χ3v) is 8.82. The van der Waals surface area contributed by atoms with Gasteiger partial charge in [-0.25, -0.2) is 9.59 Å². The molecule has 0 bridgehead atoms. The van der Waals surface area contributed by atoms with Gasteiger partial charge < -0.3 is 19.3 Å². The van der Waals surface area contributed by atoms with E-state index in [1.54, 1.807) is 13.8 Å². The number of ether oxygens (including phenoxy) is 3. The third kappa shape index (κ3) is 13.5. The lowest BCUT2D eigenvalue weighted by atomic mass is 9.68. The number of rotatable bonds is 18. The Balaban J connectivity index is 1.74. The van der Waals surface area contributed by atoms with Crippen molar-refractivity contribution in [2.75, 3.05) is 26.4 Å². The summed E-state index contributed by atoms with van der Waals surface area (Å²) in [5, 5.41) is 9.29. The van der Waals surface area contributed by atoms with Crippen LogP contribution < -0.4 is 0 Å². The predicted octanol–water partition coefficient (Wildman–Crippen LogP) is 7.19. The molecule has 2 atom stereocenters. The predicted molar refractivity (Wildman–Crippen MR) is 156 cm³/mol. The van der Waals surface area contributed by atoms with Crippen LogP contribution in [0.2, 0.25) is 0 Å². The van der Waals surface area contributed by atoms with E-state index >= 15 is 0 Å². The first-order valence-corrected chi connectivity index (χ1v) is 15.6. The zero-order valence-electron chi connectivity index (χ0n) is 25.1. The van der Waals surface area contributed by atoms with Crippen LogP contribution in [-0.4, -0.2) is 49.6 Å². The van der Waals surface area contributed by atoms with Gasteiger partial charge in [-0.15, -0.1) is 0 Å². The minimum Gasteiger partial charge on any atom is -0.462 e. The Morgan fingerprint density at radius 2 is 1.36 bits per heavy atom. The van der Waals surface area contributed by atoms with Crippen LogP contribution in [-0.2, 0) is 23.8 Å². The number of aliphatic hydroxyl groups is 1. The number of carbonyl (C=O) groups is 2. The first kappa shape index (κ1) is 33.5. The zero-order valence-corrected chi connectivity index (χ0v) is 25.1. The molecule has 2 aliphatic rings. The molecular formula is C33H56O6. The van der Waals surface area contributed by atoms with Crippen molar-refractivity contribution in [1.82, 2.24) is 0 Å². The van der Waals surface area contributed by atoms with Crippen molar-refractivity contribution in [1.29, 1.82) is 0 Å². The fraction of sp³-hybridized carbons (Fsp3) is 0.818. The van der Waals surface area contributed by atoms with Gasteiger partial charge in [-0.3, -0.25) is 0 Å². The average molecular weight is 549 g/mol. The highest BCUT2D eigenvalue weighted by molar-refractivity contribution is 5.88. The molecule has 2 unspecified atom stereocenters. The summed E-state index contributed by atoms with van der Waals surface area (Å²) in [4.78, 5) is 24.3. The molecule has 0 heterocycles. The van der Waals surface area contributed by atoms with Crippen LogP contribution in [0.4, 0.5) is 0 Å². The molecule has 2 saturated carbocycles. The summed E-state index contributed by atoms with van der Waals surface area (Å²) in [6, 6.07) is 0. The summed E-state index contributed by atoms with van der Waals surface area (Å²) >= 11 is 0. The van der Waals surface area contributed by atoms with Crippen molar-refractivity contribution in [3.05, 3.63) is 24.3 Å². The molecule has 0 aromatic carbocycles. The van der Waals surface area contributed by atoms with E-state index in [0.717, 1.165) is 30.6 Å². The molecule has 0 aromatic heterocycles. The van der Waals surface area contributed by atoms with Crippen LogP contribution in [0.15, 0.2) is 24.3 Å². The molecule has 224 valence electrons. The highest BCUT2D eigenvalue weighted by Crippen LogP contribution is 2.43. The van der Waals surface area contributed by atoms with Gasteiger partial charge in [0.05, 0.1) is 38.1 Å². The second kappa shape index (κ2) is 18.6. The van der Waals surface area contributed by atoms with Gasteiger partial charge >= 0.3 is 11.9 Å². The third-order valence-electron chi connectivity index (χ3n) is 8.82. The molecule has 0 saturated heterocycles. The van der Waals surface area contributed by atoms with E-state index in [1.807, 2.05) is 0 Å². The topological polar surface area (TPSA) is 82.1 Å². The van der Waals surface area contributed by atoms with Gasteiger partial charge in [0.15, 0.2) is 0 Å². The highest BCUT2D eigenvalue weighted by Gasteiger charge is 2.31. The van der Waals surface area contributed by atoms with Gasteiger partial charge in [0, 0.05) is 11.5 Å². The van der Waals surface area contributed by atoms with E-state index < -0.39 is 18.0 Å². The SMILES string of the molecule is C=C(C)C(=O)OCC(CCC1CCC(C2CCC(CCCCC)CC2)CC1)COC(=O)C(=C)COCC(C)O. The van der Waals surface area contributed by atoms with E-state index in [-0.39, 0.29) is 37.9 Å². The Labute approximate surface area is 237 Å². The molecule has 0 amide bonds. The minimum atomic E-state index is -0.605. The van der Waals surface area contributed by atoms with E-state index in [1.165, 1.54) is 77.0 Å². The Kier molecular flexibility index (Phi) is 16.0. The summed E-state index contributed by atoms with van der Waals surface area (Å²) in [7, 11) is 0. The number of hydrogen-bond acceptors (Lipinski definition) is 6. The molecular weight excluding hydrogens is 492 g/mol. The molecule has 0 aromatic rings. The fourth-order valence-corrected chi connectivity index (χ4v) is 6.29. The number of esters is 2. The van der Waals surface area contributed by atoms with Crippen LogP contribution in [0, 0.1) is 29.6 Å². The maximum Gasteiger partial charge on any atom is 0.335 e. The summed E-state index contributed by atoms with van der Waals surface area (Å²) in [6.45, 7) is 13.5. The molecule has 6 nitrogen and oxygen atoms in total. The standard InChI is InChI=1S/C33H56O6/c1-6-7-8-9-27-12-16-30(17-13-27)31-18-14-28(15-19-31)10-11-29(22-38-32(35)24(2)3)23-39-33(36)25(4)20-37-21-26(5)34/h26-31,34H,2,4,6-23H2,1,3,5H3. The normalized spacial score (nSPS) is 24.9. The van der Waals surface area contributed by atoms with Crippen molar-refractivity contribution >= 4 is 11.9 Å². The lowest BCUT2D eigenvalue weighted by Crippen LogP contribution is -2.27. The second-order valence-electron chi connectivity index (χ2n) is 12.4. The Morgan fingerprint density at radius 3 is 1.87 bits per heavy atom. The Hall–Kier alpha value is -1.66. The Morgan fingerprint density at radius 1 is 0.821 bits per heavy atom. The van der Waals surface area contributed by atoms with Crippen molar-refractivity contribution in [2.24, 2.45) is 29.6 Å². The summed E-state index contributed by atoms with van der Waals surface area (Å²) in [6.07, 6.45) is 17.8. The molecule has 0 aliphatic heterocycles. The summed E-state index contributed by atoms with van der Waals surface area (Å²) in [5.74, 6) is 2.49. The lowest BCUT2D eigenvalue weighted by Gasteiger charge is -2.38. The van der Waals surface area contributed by atoms with Crippen molar-refractivity contribution < 1.29 is 28.9 Å². The molecule has 1 N–H and O–H groups in total. The van der Waals surface area contributed by atoms with Gasteiger partial charge in [0.2, 0.25) is 0 Å². The fourth-order valence-electron chi connectivity index (χ4n) is 6.29. The van der Waals surface area contributed by atoms with Gasteiger partial charge in [-0.05, 0) is 76.0 Å². The summed E-state index contributed by atoms with van der Waals surface area (Å²) < 4.78 is 16.2. The monoisotopic (exact) mass is 548 g/mol. The molecule has 39 heavy (non-hydrogen) atoms. The smallest absolute Gasteiger partial charge is 0.335 e. The van der Waals surface area contributed by atoms with Crippen molar-refractivity contribution in [3.63, 3.8) is 0 Å². The number of unbranched alkanes of at least 4 members (excludes halogenated alkanes) is 2. The molecule has 2 aliphatic carbocycles. The average Bonchev–Trinajstić information content (AvgIpc) is 2.92. The van der Waals surface area contributed by atoms with E-state index in [9.17, 15) is 14.7 Å².